The van der Waals surface area contributed by atoms with E-state index in [1.54, 1.807) is 31.3 Å². The summed E-state index contributed by atoms with van der Waals surface area (Å²) in [4.78, 5) is 14.2. The average Bonchev–Trinajstić information content (AvgIpc) is 3.33. The first-order valence-corrected chi connectivity index (χ1v) is 15.5. The number of fused-ring (bicyclic) bond motifs is 1. The van der Waals surface area contributed by atoms with Gasteiger partial charge >= 0.3 is 0 Å². The molecule has 3 heterocycles. The first kappa shape index (κ1) is 27.7. The smallest absolute Gasteiger partial charge is 0.192 e. The van der Waals surface area contributed by atoms with Crippen molar-refractivity contribution in [3.63, 3.8) is 0 Å². The highest BCUT2D eigenvalue weighted by atomic mass is 28.4. The molecule has 0 aliphatic rings. The maximum absolute atomic E-state index is 6.45. The predicted molar refractivity (Wildman–Crippen MR) is 150 cm³/mol. The summed E-state index contributed by atoms with van der Waals surface area (Å²) in [6, 6.07) is 9.54. The van der Waals surface area contributed by atoms with Crippen molar-refractivity contribution in [2.45, 2.75) is 45.0 Å². The van der Waals surface area contributed by atoms with Crippen LogP contribution in [0.15, 0.2) is 48.9 Å². The van der Waals surface area contributed by atoms with E-state index in [0.717, 1.165) is 11.1 Å². The number of rotatable bonds is 10. The van der Waals surface area contributed by atoms with Gasteiger partial charge in [-0.3, -0.25) is 9.67 Å². The molecule has 0 spiro atoms. The molecule has 1 aromatic carbocycles. The van der Waals surface area contributed by atoms with Gasteiger partial charge in [-0.2, -0.15) is 5.10 Å². The van der Waals surface area contributed by atoms with Crippen molar-refractivity contribution in [2.24, 2.45) is 7.05 Å². The van der Waals surface area contributed by atoms with Gasteiger partial charge < -0.3 is 18.6 Å². The van der Waals surface area contributed by atoms with Gasteiger partial charge in [0, 0.05) is 24.9 Å². The van der Waals surface area contributed by atoms with E-state index in [1.807, 2.05) is 43.6 Å². The van der Waals surface area contributed by atoms with Crippen LogP contribution in [0.5, 0.6) is 11.5 Å². The van der Waals surface area contributed by atoms with Crippen LogP contribution in [0, 0.1) is 0 Å². The number of pyridine rings is 1. The van der Waals surface area contributed by atoms with Gasteiger partial charge in [0.1, 0.15) is 23.1 Å². The van der Waals surface area contributed by atoms with Gasteiger partial charge in [-0.15, -0.1) is 0 Å². The highest BCUT2D eigenvalue weighted by Gasteiger charge is 2.37. The fraction of sp³-hybridized carbons (Fsp3) is 0.429. The highest BCUT2D eigenvalue weighted by Crippen LogP contribution is 2.37. The van der Waals surface area contributed by atoms with Crippen LogP contribution in [-0.2, 0) is 16.2 Å². The molecule has 4 rings (SSSR count). The monoisotopic (exact) mass is 535 g/mol. The molecule has 0 radical (unpaired) electrons. The molecule has 0 saturated carbocycles. The summed E-state index contributed by atoms with van der Waals surface area (Å²) >= 11 is 0. The molecule has 1 atom stereocenters. The lowest BCUT2D eigenvalue weighted by atomic mass is 10.0. The molecule has 0 saturated heterocycles. The molecule has 38 heavy (non-hydrogen) atoms. The van der Waals surface area contributed by atoms with Crippen LogP contribution in [0.2, 0.25) is 18.1 Å². The van der Waals surface area contributed by atoms with Gasteiger partial charge in [-0.05, 0) is 48.0 Å². The summed E-state index contributed by atoms with van der Waals surface area (Å²) in [5, 5.41) is 4.36. The van der Waals surface area contributed by atoms with E-state index in [2.05, 4.69) is 43.9 Å². The summed E-state index contributed by atoms with van der Waals surface area (Å²) in [5.74, 6) is 1.34. The van der Waals surface area contributed by atoms with Gasteiger partial charge in [0.2, 0.25) is 0 Å². The van der Waals surface area contributed by atoms with E-state index in [9.17, 15) is 0 Å². The topological polar surface area (TPSA) is 93.4 Å². The van der Waals surface area contributed by atoms with Crippen LogP contribution in [0.4, 0.5) is 0 Å². The standard InChI is InChI=1S/C28H37N5O4Si/c1-28(2,3)38(7,8)37-12-11-36-26(19-13-21(34-5)15-22(14-19)35-6)23-9-10-24-27(31-23)32-25(17-29-24)20-16-30-33(4)18-20/h9-10,13-18,26H,11-12H2,1-8H3. The molecule has 9 nitrogen and oxygen atoms in total. The van der Waals surface area contributed by atoms with Gasteiger partial charge in [0.25, 0.3) is 0 Å². The third kappa shape index (κ3) is 6.20. The van der Waals surface area contributed by atoms with E-state index in [0.29, 0.717) is 47.3 Å². The number of methoxy groups -OCH3 is 2. The highest BCUT2D eigenvalue weighted by molar-refractivity contribution is 6.74. The Balaban J connectivity index is 1.68. The van der Waals surface area contributed by atoms with Crippen molar-refractivity contribution in [1.82, 2.24) is 24.7 Å². The summed E-state index contributed by atoms with van der Waals surface area (Å²) in [6.07, 6.45) is 4.91. The summed E-state index contributed by atoms with van der Waals surface area (Å²) < 4.78 is 25.6. The zero-order chi connectivity index (χ0) is 27.5. The largest absolute Gasteiger partial charge is 0.497 e. The minimum atomic E-state index is -1.90. The molecular weight excluding hydrogens is 498 g/mol. The molecule has 4 aromatic rings. The number of aromatic nitrogens is 5. The van der Waals surface area contributed by atoms with Gasteiger partial charge in [-0.1, -0.05) is 20.8 Å². The Morgan fingerprint density at radius 3 is 2.26 bits per heavy atom. The average molecular weight is 536 g/mol. The number of benzene rings is 1. The van der Waals surface area contributed by atoms with Gasteiger partial charge in [-0.25, -0.2) is 9.97 Å². The predicted octanol–water partition coefficient (Wildman–Crippen LogP) is 5.57. The maximum atomic E-state index is 6.45. The normalized spacial score (nSPS) is 13.1. The van der Waals surface area contributed by atoms with Crippen molar-refractivity contribution in [3.8, 4) is 22.8 Å². The fourth-order valence-corrected chi connectivity index (χ4v) is 4.79. The SMILES string of the molecule is COc1cc(OC)cc(C(OCCO[Si](C)(C)C(C)(C)C)c2ccc3ncc(-c4cnn(C)c4)nc3n2)c1. The van der Waals surface area contributed by atoms with Crippen LogP contribution in [0.25, 0.3) is 22.4 Å². The Hall–Kier alpha value is -3.34. The lowest BCUT2D eigenvalue weighted by Gasteiger charge is -2.36. The Morgan fingerprint density at radius 1 is 0.947 bits per heavy atom. The molecule has 0 aliphatic carbocycles. The first-order chi connectivity index (χ1) is 18.0. The van der Waals surface area contributed by atoms with Crippen LogP contribution >= 0.6 is 0 Å². The van der Waals surface area contributed by atoms with E-state index < -0.39 is 14.4 Å². The molecule has 202 valence electrons. The summed E-state index contributed by atoms with van der Waals surface area (Å²) in [5.41, 5.74) is 4.38. The number of hydrogen-bond donors (Lipinski definition) is 0. The third-order valence-corrected chi connectivity index (χ3v) is 11.5. The fourth-order valence-electron chi connectivity index (χ4n) is 3.76. The molecule has 0 amide bonds. The lowest BCUT2D eigenvalue weighted by molar-refractivity contribution is 0.0505. The minimum absolute atomic E-state index is 0.122. The maximum Gasteiger partial charge on any atom is 0.192 e. The van der Waals surface area contributed by atoms with E-state index >= 15 is 0 Å². The molecule has 0 bridgehead atoms. The second-order valence-corrected chi connectivity index (χ2v) is 15.6. The van der Waals surface area contributed by atoms with Crippen molar-refractivity contribution in [2.75, 3.05) is 27.4 Å². The quantitative estimate of drug-likeness (QED) is 0.192. The van der Waals surface area contributed by atoms with Gasteiger partial charge in [0.05, 0.1) is 51.2 Å². The number of hydrogen-bond acceptors (Lipinski definition) is 8. The third-order valence-electron chi connectivity index (χ3n) is 7.01. The van der Waals surface area contributed by atoms with Crippen LogP contribution < -0.4 is 9.47 Å². The number of aryl methyl sites for hydroxylation is 1. The van der Waals surface area contributed by atoms with E-state index in [1.165, 1.54) is 0 Å². The van der Waals surface area contributed by atoms with Crippen molar-refractivity contribution in [1.29, 1.82) is 0 Å². The summed E-state index contributed by atoms with van der Waals surface area (Å²) in [6.45, 7) is 12.0. The molecule has 3 aromatic heterocycles. The minimum Gasteiger partial charge on any atom is -0.497 e. The summed E-state index contributed by atoms with van der Waals surface area (Å²) in [7, 11) is 3.23. The molecule has 0 fully saturated rings. The van der Waals surface area contributed by atoms with Gasteiger partial charge in [0.15, 0.2) is 14.0 Å². The van der Waals surface area contributed by atoms with Crippen LogP contribution in [0.1, 0.15) is 38.1 Å². The molecule has 1 unspecified atom stereocenters. The second-order valence-electron chi connectivity index (χ2n) is 10.7. The zero-order valence-corrected chi connectivity index (χ0v) is 24.5. The van der Waals surface area contributed by atoms with Crippen LogP contribution in [-0.4, -0.2) is 60.5 Å². The Morgan fingerprint density at radius 2 is 1.66 bits per heavy atom. The Labute approximate surface area is 225 Å². The first-order valence-electron chi connectivity index (χ1n) is 12.6. The van der Waals surface area contributed by atoms with E-state index in [4.69, 9.17) is 28.6 Å². The molecule has 0 N–H and O–H groups in total. The number of ether oxygens (including phenoxy) is 3. The molecular formula is C28H37N5O4Si. The Kier molecular flexibility index (Phi) is 8.15. The van der Waals surface area contributed by atoms with Crippen molar-refractivity contribution < 1.29 is 18.6 Å². The Bertz CT molecular complexity index is 1380. The van der Waals surface area contributed by atoms with E-state index in [-0.39, 0.29) is 5.04 Å². The van der Waals surface area contributed by atoms with Crippen LogP contribution in [0.3, 0.4) is 0 Å². The van der Waals surface area contributed by atoms with Crippen molar-refractivity contribution in [3.05, 3.63) is 60.2 Å². The molecule has 10 heteroatoms. The number of nitrogens with zero attached hydrogens (tertiary/aromatic N) is 5. The van der Waals surface area contributed by atoms with Crippen molar-refractivity contribution >= 4 is 19.5 Å². The lowest BCUT2D eigenvalue weighted by Crippen LogP contribution is -2.41. The zero-order valence-electron chi connectivity index (χ0n) is 23.5. The molecule has 0 aliphatic heterocycles. The second kappa shape index (κ2) is 11.2.